The van der Waals surface area contributed by atoms with E-state index in [1.165, 1.54) is 28.8 Å². The number of rotatable bonds is 5. The normalized spacial score (nSPS) is 17.5. The molecule has 21 heavy (non-hydrogen) atoms. The van der Waals surface area contributed by atoms with Gasteiger partial charge in [0.1, 0.15) is 5.75 Å². The first-order valence-corrected chi connectivity index (χ1v) is 7.48. The molecule has 1 atom stereocenters. The topological polar surface area (TPSA) is 64.9 Å². The third-order valence-corrected chi connectivity index (χ3v) is 3.80. The van der Waals surface area contributed by atoms with Crippen molar-refractivity contribution in [2.24, 2.45) is 7.05 Å². The Morgan fingerprint density at radius 1 is 1.43 bits per heavy atom. The van der Waals surface area contributed by atoms with Crippen LogP contribution < -0.4 is 10.1 Å². The van der Waals surface area contributed by atoms with Crippen molar-refractivity contribution >= 4 is 0 Å². The zero-order chi connectivity index (χ0) is 14.7. The predicted octanol–water partition coefficient (Wildman–Crippen LogP) is 1.78. The second kappa shape index (κ2) is 6.22. The van der Waals surface area contributed by atoms with E-state index in [9.17, 15) is 0 Å². The van der Waals surface area contributed by atoms with Crippen molar-refractivity contribution in [3.05, 3.63) is 35.2 Å². The summed E-state index contributed by atoms with van der Waals surface area (Å²) < 4.78 is 5.79. The lowest BCUT2D eigenvalue weighted by Crippen LogP contribution is -2.24. The standard InChI is InChI=1S/C15H21N5O/c1-3-16-14-6-4-5-11-7-8-12(9-13(11)14)21-10-15-17-19-20(2)18-15/h7-9,14,16H,3-6,10H2,1-2H3. The molecule has 0 aliphatic heterocycles. The van der Waals surface area contributed by atoms with Crippen LogP contribution in [0, 0.1) is 0 Å². The minimum Gasteiger partial charge on any atom is -0.485 e. The minimum absolute atomic E-state index is 0.346. The van der Waals surface area contributed by atoms with E-state index >= 15 is 0 Å². The van der Waals surface area contributed by atoms with Gasteiger partial charge >= 0.3 is 0 Å². The molecule has 0 radical (unpaired) electrons. The predicted molar refractivity (Wildman–Crippen MR) is 78.9 cm³/mol. The Morgan fingerprint density at radius 3 is 3.10 bits per heavy atom. The number of ether oxygens (including phenoxy) is 1. The van der Waals surface area contributed by atoms with Gasteiger partial charge in [0.05, 0.1) is 7.05 Å². The van der Waals surface area contributed by atoms with Crippen molar-refractivity contribution in [3.8, 4) is 5.75 Å². The Bertz CT molecular complexity index is 610. The van der Waals surface area contributed by atoms with Crippen molar-refractivity contribution in [1.29, 1.82) is 0 Å². The second-order valence-corrected chi connectivity index (χ2v) is 5.35. The summed E-state index contributed by atoms with van der Waals surface area (Å²) in [6, 6.07) is 6.80. The van der Waals surface area contributed by atoms with Crippen LogP contribution in [0.1, 0.15) is 42.8 Å². The van der Waals surface area contributed by atoms with E-state index in [-0.39, 0.29) is 0 Å². The molecule has 1 unspecified atom stereocenters. The van der Waals surface area contributed by atoms with Crippen LogP contribution in [-0.2, 0) is 20.1 Å². The lowest BCUT2D eigenvalue weighted by Gasteiger charge is -2.26. The summed E-state index contributed by atoms with van der Waals surface area (Å²) in [7, 11) is 1.75. The first-order valence-electron chi connectivity index (χ1n) is 7.48. The molecule has 6 nitrogen and oxygen atoms in total. The van der Waals surface area contributed by atoms with Gasteiger partial charge < -0.3 is 10.1 Å². The fourth-order valence-electron chi connectivity index (χ4n) is 2.85. The Balaban J connectivity index is 1.73. The van der Waals surface area contributed by atoms with Crippen LogP contribution in [0.5, 0.6) is 5.75 Å². The zero-order valence-electron chi connectivity index (χ0n) is 12.5. The highest BCUT2D eigenvalue weighted by Gasteiger charge is 2.19. The van der Waals surface area contributed by atoms with Crippen LogP contribution >= 0.6 is 0 Å². The van der Waals surface area contributed by atoms with Gasteiger partial charge in [0.2, 0.25) is 5.82 Å². The van der Waals surface area contributed by atoms with Gasteiger partial charge in [-0.15, -0.1) is 10.2 Å². The second-order valence-electron chi connectivity index (χ2n) is 5.35. The molecule has 3 rings (SSSR count). The highest BCUT2D eigenvalue weighted by atomic mass is 16.5. The van der Waals surface area contributed by atoms with E-state index in [1.54, 1.807) is 7.05 Å². The van der Waals surface area contributed by atoms with Crippen LogP contribution in [0.3, 0.4) is 0 Å². The third kappa shape index (κ3) is 3.21. The molecule has 0 fully saturated rings. The van der Waals surface area contributed by atoms with E-state index in [1.807, 2.05) is 6.07 Å². The molecule has 0 saturated heterocycles. The fourth-order valence-corrected chi connectivity index (χ4v) is 2.85. The third-order valence-electron chi connectivity index (χ3n) is 3.80. The molecule has 1 heterocycles. The molecule has 0 spiro atoms. The molecule has 0 amide bonds. The minimum atomic E-state index is 0.346. The number of aryl methyl sites for hydroxylation is 2. The highest BCUT2D eigenvalue weighted by Crippen LogP contribution is 2.32. The van der Waals surface area contributed by atoms with Gasteiger partial charge in [0, 0.05) is 6.04 Å². The summed E-state index contributed by atoms with van der Waals surface area (Å²) in [6.07, 6.45) is 3.59. The summed E-state index contributed by atoms with van der Waals surface area (Å²) >= 11 is 0. The number of tetrazole rings is 1. The summed E-state index contributed by atoms with van der Waals surface area (Å²) in [5, 5.41) is 15.4. The van der Waals surface area contributed by atoms with Crippen LogP contribution in [0.2, 0.25) is 0 Å². The Morgan fingerprint density at radius 2 is 2.33 bits per heavy atom. The lowest BCUT2D eigenvalue weighted by atomic mass is 9.87. The molecule has 1 N–H and O–H groups in total. The zero-order valence-corrected chi connectivity index (χ0v) is 12.5. The highest BCUT2D eigenvalue weighted by molar-refractivity contribution is 5.39. The number of nitrogens with zero attached hydrogens (tertiary/aromatic N) is 4. The average Bonchev–Trinajstić information content (AvgIpc) is 2.91. The van der Waals surface area contributed by atoms with Crippen molar-refractivity contribution in [1.82, 2.24) is 25.5 Å². The van der Waals surface area contributed by atoms with Crippen molar-refractivity contribution in [3.63, 3.8) is 0 Å². The molecule has 0 saturated carbocycles. The average molecular weight is 287 g/mol. The van der Waals surface area contributed by atoms with Gasteiger partial charge in [0.25, 0.3) is 0 Å². The summed E-state index contributed by atoms with van der Waals surface area (Å²) in [6.45, 7) is 3.48. The maximum Gasteiger partial charge on any atom is 0.212 e. The van der Waals surface area contributed by atoms with E-state index in [2.05, 4.69) is 39.8 Å². The lowest BCUT2D eigenvalue weighted by molar-refractivity contribution is 0.294. The first-order chi connectivity index (χ1) is 10.3. The largest absolute Gasteiger partial charge is 0.485 e. The van der Waals surface area contributed by atoms with Gasteiger partial charge in [-0.1, -0.05) is 13.0 Å². The monoisotopic (exact) mass is 287 g/mol. The van der Waals surface area contributed by atoms with E-state index < -0.39 is 0 Å². The smallest absolute Gasteiger partial charge is 0.212 e. The van der Waals surface area contributed by atoms with Gasteiger partial charge in [-0.2, -0.15) is 4.80 Å². The molecular formula is C15H21N5O. The molecule has 1 aromatic heterocycles. The van der Waals surface area contributed by atoms with Gasteiger partial charge in [-0.05, 0) is 54.3 Å². The number of hydrogen-bond acceptors (Lipinski definition) is 5. The first kappa shape index (κ1) is 14.0. The van der Waals surface area contributed by atoms with E-state index in [0.717, 1.165) is 18.7 Å². The van der Waals surface area contributed by atoms with E-state index in [4.69, 9.17) is 4.74 Å². The van der Waals surface area contributed by atoms with Crippen LogP contribution in [0.25, 0.3) is 0 Å². The van der Waals surface area contributed by atoms with Crippen molar-refractivity contribution in [2.45, 2.75) is 38.8 Å². The number of fused-ring (bicyclic) bond motifs is 1. The van der Waals surface area contributed by atoms with Crippen molar-refractivity contribution < 1.29 is 4.74 Å². The Labute approximate surface area is 124 Å². The van der Waals surface area contributed by atoms with Crippen LogP contribution in [0.15, 0.2) is 18.2 Å². The Kier molecular flexibility index (Phi) is 4.15. The van der Waals surface area contributed by atoms with Gasteiger partial charge in [-0.3, -0.25) is 0 Å². The molecule has 1 aliphatic rings. The van der Waals surface area contributed by atoms with Crippen molar-refractivity contribution in [2.75, 3.05) is 6.54 Å². The molecule has 6 heteroatoms. The number of nitrogens with one attached hydrogen (secondary N) is 1. The molecule has 1 aliphatic carbocycles. The van der Waals surface area contributed by atoms with E-state index in [0.29, 0.717) is 18.5 Å². The van der Waals surface area contributed by atoms with Crippen LogP contribution in [-0.4, -0.2) is 26.8 Å². The Hall–Kier alpha value is -1.95. The SMILES string of the molecule is CCNC1CCCc2ccc(OCc3nnn(C)n3)cc21. The number of hydrogen-bond donors (Lipinski definition) is 1. The number of benzene rings is 1. The molecule has 112 valence electrons. The summed E-state index contributed by atoms with van der Waals surface area (Å²) in [5.41, 5.74) is 2.80. The maximum atomic E-state index is 5.79. The molecule has 1 aromatic carbocycles. The van der Waals surface area contributed by atoms with Crippen LogP contribution in [0.4, 0.5) is 0 Å². The van der Waals surface area contributed by atoms with Gasteiger partial charge in [-0.25, -0.2) is 0 Å². The number of aromatic nitrogens is 4. The molecule has 0 bridgehead atoms. The van der Waals surface area contributed by atoms with Gasteiger partial charge in [0.15, 0.2) is 6.61 Å². The molecular weight excluding hydrogens is 266 g/mol. The summed E-state index contributed by atoms with van der Waals surface area (Å²) in [5.74, 6) is 1.46. The quantitative estimate of drug-likeness (QED) is 0.908. The molecule has 2 aromatic rings. The summed E-state index contributed by atoms with van der Waals surface area (Å²) in [4.78, 5) is 1.44. The maximum absolute atomic E-state index is 5.79. The fraction of sp³-hybridized carbons (Fsp3) is 0.533.